The highest BCUT2D eigenvalue weighted by molar-refractivity contribution is 7.89. The third kappa shape index (κ3) is 5.09. The summed E-state index contributed by atoms with van der Waals surface area (Å²) in [6, 6.07) is 4.48. The van der Waals surface area contributed by atoms with Crippen molar-refractivity contribution in [3.05, 3.63) is 23.2 Å². The minimum absolute atomic E-state index is 0.0219. The van der Waals surface area contributed by atoms with Crippen LogP contribution in [0.15, 0.2) is 23.1 Å². The molecule has 1 fully saturated rings. The average molecular weight is 405 g/mol. The highest BCUT2D eigenvalue weighted by Crippen LogP contribution is 2.31. The zero-order chi connectivity index (χ0) is 19.2. The van der Waals surface area contributed by atoms with Gasteiger partial charge < -0.3 is 14.8 Å². The Morgan fingerprint density at radius 2 is 2.15 bits per heavy atom. The number of carbonyl (C=O) groups is 1. The van der Waals surface area contributed by atoms with Gasteiger partial charge in [-0.2, -0.15) is 4.31 Å². The summed E-state index contributed by atoms with van der Waals surface area (Å²) in [5, 5.41) is 3.16. The van der Waals surface area contributed by atoms with Crippen LogP contribution in [-0.4, -0.2) is 59.1 Å². The van der Waals surface area contributed by atoms with Gasteiger partial charge in [0.25, 0.3) is 0 Å². The SMILES string of the molecule is COCCCNC(=O)[C@@H]1CCCN(S(=O)(=O)c2cc(Cl)ccc2OC)C1. The molecule has 7 nitrogen and oxygen atoms in total. The second kappa shape index (κ2) is 9.55. The minimum atomic E-state index is -3.80. The quantitative estimate of drug-likeness (QED) is 0.669. The van der Waals surface area contributed by atoms with Crippen LogP contribution in [-0.2, 0) is 19.6 Å². The number of ether oxygens (including phenoxy) is 2. The van der Waals surface area contributed by atoms with Crippen molar-refractivity contribution in [2.45, 2.75) is 24.2 Å². The monoisotopic (exact) mass is 404 g/mol. The molecular weight excluding hydrogens is 380 g/mol. The second-order valence-electron chi connectivity index (χ2n) is 6.13. The van der Waals surface area contributed by atoms with Crippen LogP contribution in [0.3, 0.4) is 0 Å². The molecule has 146 valence electrons. The number of rotatable bonds is 8. The van der Waals surface area contributed by atoms with E-state index < -0.39 is 10.0 Å². The predicted molar refractivity (Wildman–Crippen MR) is 99.0 cm³/mol. The number of amides is 1. The van der Waals surface area contributed by atoms with E-state index in [2.05, 4.69) is 5.32 Å². The Hall–Kier alpha value is -1.35. The van der Waals surface area contributed by atoms with Crippen LogP contribution in [0.1, 0.15) is 19.3 Å². The molecule has 1 N–H and O–H groups in total. The summed E-state index contributed by atoms with van der Waals surface area (Å²) >= 11 is 5.97. The molecule has 1 amide bonds. The third-order valence-corrected chi connectivity index (χ3v) is 6.44. The number of sulfonamides is 1. The maximum Gasteiger partial charge on any atom is 0.246 e. The van der Waals surface area contributed by atoms with E-state index in [0.717, 1.165) is 6.42 Å². The number of carbonyl (C=O) groups excluding carboxylic acids is 1. The molecule has 1 heterocycles. The first kappa shape index (κ1) is 21.0. The lowest BCUT2D eigenvalue weighted by molar-refractivity contribution is -0.126. The summed E-state index contributed by atoms with van der Waals surface area (Å²) < 4.78 is 37.5. The highest BCUT2D eigenvalue weighted by atomic mass is 35.5. The molecule has 9 heteroatoms. The molecule has 1 atom stereocenters. The van der Waals surface area contributed by atoms with Crippen molar-refractivity contribution in [2.24, 2.45) is 5.92 Å². The molecule has 1 aromatic carbocycles. The molecular formula is C17H25ClN2O5S. The van der Waals surface area contributed by atoms with Crippen LogP contribution in [0.5, 0.6) is 5.75 Å². The molecule has 0 unspecified atom stereocenters. The van der Waals surface area contributed by atoms with Gasteiger partial charge in [-0.15, -0.1) is 0 Å². The molecule has 1 aliphatic rings. The van der Waals surface area contributed by atoms with Crippen LogP contribution >= 0.6 is 11.6 Å². The molecule has 0 aromatic heterocycles. The van der Waals surface area contributed by atoms with Gasteiger partial charge in [0.2, 0.25) is 15.9 Å². The Labute approximate surface area is 159 Å². The number of hydrogen-bond donors (Lipinski definition) is 1. The summed E-state index contributed by atoms with van der Waals surface area (Å²) in [6.07, 6.45) is 2.00. The van der Waals surface area contributed by atoms with E-state index >= 15 is 0 Å². The van der Waals surface area contributed by atoms with Gasteiger partial charge in [0, 0.05) is 38.4 Å². The van der Waals surface area contributed by atoms with E-state index in [1.807, 2.05) is 0 Å². The maximum absolute atomic E-state index is 13.0. The smallest absolute Gasteiger partial charge is 0.246 e. The lowest BCUT2D eigenvalue weighted by atomic mass is 9.99. The lowest BCUT2D eigenvalue weighted by Gasteiger charge is -2.31. The zero-order valence-electron chi connectivity index (χ0n) is 15.0. The van der Waals surface area contributed by atoms with Gasteiger partial charge in [-0.05, 0) is 37.5 Å². The van der Waals surface area contributed by atoms with Crippen molar-refractivity contribution < 1.29 is 22.7 Å². The fourth-order valence-corrected chi connectivity index (χ4v) is 4.88. The van der Waals surface area contributed by atoms with Gasteiger partial charge in [0.05, 0.1) is 13.0 Å². The van der Waals surface area contributed by atoms with E-state index in [1.54, 1.807) is 13.2 Å². The molecule has 0 aliphatic carbocycles. The standard InChI is InChI=1S/C17H25ClN2O5S/c1-24-10-4-8-19-17(21)13-5-3-9-20(12-13)26(22,23)16-11-14(18)6-7-15(16)25-2/h6-7,11,13H,3-5,8-10,12H2,1-2H3,(H,19,21)/t13-/m1/s1. The normalized spacial score (nSPS) is 18.5. The summed E-state index contributed by atoms with van der Waals surface area (Å²) in [7, 11) is -0.781. The van der Waals surface area contributed by atoms with Crippen LogP contribution in [0.4, 0.5) is 0 Å². The lowest BCUT2D eigenvalue weighted by Crippen LogP contribution is -2.45. The van der Waals surface area contributed by atoms with Crippen molar-refractivity contribution in [3.63, 3.8) is 0 Å². The van der Waals surface area contributed by atoms with E-state index in [9.17, 15) is 13.2 Å². The van der Waals surface area contributed by atoms with Crippen LogP contribution < -0.4 is 10.1 Å². The Morgan fingerprint density at radius 1 is 1.38 bits per heavy atom. The summed E-state index contributed by atoms with van der Waals surface area (Å²) in [5.41, 5.74) is 0. The molecule has 0 bridgehead atoms. The third-order valence-electron chi connectivity index (χ3n) is 4.32. The fraction of sp³-hybridized carbons (Fsp3) is 0.588. The first-order chi connectivity index (χ1) is 12.4. The van der Waals surface area contributed by atoms with Gasteiger partial charge in [-0.1, -0.05) is 11.6 Å². The van der Waals surface area contributed by atoms with Crippen LogP contribution in [0.25, 0.3) is 0 Å². The van der Waals surface area contributed by atoms with Crippen molar-refractivity contribution in [1.82, 2.24) is 9.62 Å². The van der Waals surface area contributed by atoms with Gasteiger partial charge >= 0.3 is 0 Å². The van der Waals surface area contributed by atoms with Gasteiger partial charge in [-0.25, -0.2) is 8.42 Å². The van der Waals surface area contributed by atoms with Gasteiger partial charge in [0.1, 0.15) is 10.6 Å². The van der Waals surface area contributed by atoms with Gasteiger partial charge in [0.15, 0.2) is 0 Å². The number of nitrogens with zero attached hydrogens (tertiary/aromatic N) is 1. The number of methoxy groups -OCH3 is 2. The molecule has 0 saturated carbocycles. The molecule has 2 rings (SSSR count). The maximum atomic E-state index is 13.0. The number of nitrogens with one attached hydrogen (secondary N) is 1. The van der Waals surface area contributed by atoms with E-state index in [4.69, 9.17) is 21.1 Å². The van der Waals surface area contributed by atoms with E-state index in [1.165, 1.54) is 23.5 Å². The van der Waals surface area contributed by atoms with Crippen molar-refractivity contribution in [1.29, 1.82) is 0 Å². The molecule has 1 aliphatic heterocycles. The molecule has 0 spiro atoms. The van der Waals surface area contributed by atoms with Crippen LogP contribution in [0.2, 0.25) is 5.02 Å². The van der Waals surface area contributed by atoms with E-state index in [-0.39, 0.29) is 29.0 Å². The number of halogens is 1. The number of benzene rings is 1. The topological polar surface area (TPSA) is 84.9 Å². The average Bonchev–Trinajstić information content (AvgIpc) is 2.65. The largest absolute Gasteiger partial charge is 0.495 e. The Kier molecular flexibility index (Phi) is 7.69. The predicted octanol–water partition coefficient (Wildman–Crippen LogP) is 1.90. The van der Waals surface area contributed by atoms with Gasteiger partial charge in [-0.3, -0.25) is 4.79 Å². The summed E-state index contributed by atoms with van der Waals surface area (Å²) in [5.74, 6) is -0.258. The molecule has 0 radical (unpaired) electrons. The second-order valence-corrected chi connectivity index (χ2v) is 8.48. The van der Waals surface area contributed by atoms with Crippen LogP contribution in [0, 0.1) is 5.92 Å². The van der Waals surface area contributed by atoms with Crippen molar-refractivity contribution >= 4 is 27.5 Å². The van der Waals surface area contributed by atoms with E-state index in [0.29, 0.717) is 37.6 Å². The molecule has 26 heavy (non-hydrogen) atoms. The number of piperidine rings is 1. The number of hydrogen-bond acceptors (Lipinski definition) is 5. The Morgan fingerprint density at radius 3 is 2.85 bits per heavy atom. The fourth-order valence-electron chi connectivity index (χ4n) is 2.94. The highest BCUT2D eigenvalue weighted by Gasteiger charge is 2.34. The molecule has 1 saturated heterocycles. The zero-order valence-corrected chi connectivity index (χ0v) is 16.6. The summed E-state index contributed by atoms with van der Waals surface area (Å²) in [6.45, 7) is 1.59. The minimum Gasteiger partial charge on any atom is -0.495 e. The molecule has 1 aromatic rings. The summed E-state index contributed by atoms with van der Waals surface area (Å²) in [4.78, 5) is 12.4. The van der Waals surface area contributed by atoms with Crippen molar-refractivity contribution in [3.8, 4) is 5.75 Å². The first-order valence-electron chi connectivity index (χ1n) is 8.50. The Bertz CT molecular complexity index is 726. The Balaban J connectivity index is 2.10. The van der Waals surface area contributed by atoms with Crippen molar-refractivity contribution in [2.75, 3.05) is 40.5 Å². The first-order valence-corrected chi connectivity index (χ1v) is 10.3.